The third-order valence-electron chi connectivity index (χ3n) is 1.78. The molecule has 0 aliphatic carbocycles. The van der Waals surface area contributed by atoms with Crippen molar-refractivity contribution in [2.45, 2.75) is 26.3 Å². The molecule has 1 aromatic heterocycles. The van der Waals surface area contributed by atoms with Gasteiger partial charge >= 0.3 is 11.9 Å². The Morgan fingerprint density at radius 3 is 2.57 bits per heavy atom. The van der Waals surface area contributed by atoms with Gasteiger partial charge in [0.25, 0.3) is 0 Å². The van der Waals surface area contributed by atoms with Gasteiger partial charge in [0.2, 0.25) is 0 Å². The van der Waals surface area contributed by atoms with Crippen LogP contribution in [0.5, 0.6) is 0 Å². The first-order chi connectivity index (χ1) is 6.33. The van der Waals surface area contributed by atoms with E-state index in [-0.39, 0.29) is 0 Å². The summed E-state index contributed by atoms with van der Waals surface area (Å²) in [6.07, 6.45) is 1.40. The summed E-state index contributed by atoms with van der Waals surface area (Å²) >= 11 is 0. The monoisotopic (exact) mass is 204 g/mol. The van der Waals surface area contributed by atoms with Crippen LogP contribution in [0.15, 0.2) is 6.20 Å². The van der Waals surface area contributed by atoms with Crippen molar-refractivity contribution in [1.82, 2.24) is 9.55 Å². The molecule has 1 rings (SSSR count). The number of nitrogens with zero attached hydrogens (tertiary/aromatic N) is 2. The Morgan fingerprint density at radius 2 is 2.21 bits per heavy atom. The normalized spacial score (nSPS) is 11.7. The number of hydrogen-bond acceptors (Lipinski definition) is 2. The third kappa shape index (κ3) is 2.07. The van der Waals surface area contributed by atoms with E-state index >= 15 is 0 Å². The topological polar surface area (TPSA) is 55.1 Å². The van der Waals surface area contributed by atoms with E-state index in [0.717, 1.165) is 4.57 Å². The molecule has 0 amide bonds. The van der Waals surface area contributed by atoms with Crippen LogP contribution in [0, 0.1) is 13.8 Å². The maximum absolute atomic E-state index is 12.8. The largest absolute Gasteiger partial charge is 0.477 e. The molecule has 0 saturated heterocycles. The van der Waals surface area contributed by atoms with E-state index in [2.05, 4.69) is 4.98 Å². The SMILES string of the molecule is Cc1cn(CC(F)(F)C(=O)O)c(C)n1. The second-order valence-corrected chi connectivity index (χ2v) is 3.07. The molecule has 6 heteroatoms. The first-order valence-electron chi connectivity index (χ1n) is 3.94. The van der Waals surface area contributed by atoms with Crippen LogP contribution in [-0.4, -0.2) is 26.5 Å². The number of aliphatic carboxylic acids is 1. The fourth-order valence-corrected chi connectivity index (χ4v) is 1.11. The van der Waals surface area contributed by atoms with Gasteiger partial charge in [-0.3, -0.25) is 0 Å². The molecule has 1 aromatic rings. The van der Waals surface area contributed by atoms with Gasteiger partial charge in [0, 0.05) is 6.20 Å². The highest BCUT2D eigenvalue weighted by Crippen LogP contribution is 2.17. The summed E-state index contributed by atoms with van der Waals surface area (Å²) in [4.78, 5) is 14.1. The number of alkyl halides is 2. The second kappa shape index (κ2) is 3.36. The number of aromatic nitrogens is 2. The van der Waals surface area contributed by atoms with Gasteiger partial charge in [-0.15, -0.1) is 0 Å². The van der Waals surface area contributed by atoms with Gasteiger partial charge in [0.15, 0.2) is 0 Å². The molecule has 0 aliphatic rings. The minimum absolute atomic E-state index is 0.378. The zero-order valence-corrected chi connectivity index (χ0v) is 7.79. The van der Waals surface area contributed by atoms with Crippen molar-refractivity contribution < 1.29 is 18.7 Å². The molecule has 0 aliphatic heterocycles. The van der Waals surface area contributed by atoms with Crippen LogP contribution in [0.25, 0.3) is 0 Å². The molecule has 14 heavy (non-hydrogen) atoms. The molecular weight excluding hydrogens is 194 g/mol. The second-order valence-electron chi connectivity index (χ2n) is 3.07. The van der Waals surface area contributed by atoms with E-state index in [0.29, 0.717) is 11.5 Å². The average Bonchev–Trinajstić information content (AvgIpc) is 2.29. The van der Waals surface area contributed by atoms with Crippen molar-refractivity contribution in [2.75, 3.05) is 0 Å². The number of carboxylic acid groups (broad SMARTS) is 1. The van der Waals surface area contributed by atoms with Gasteiger partial charge in [0.05, 0.1) is 12.2 Å². The highest BCUT2D eigenvalue weighted by Gasteiger charge is 2.39. The van der Waals surface area contributed by atoms with Gasteiger partial charge < -0.3 is 9.67 Å². The van der Waals surface area contributed by atoms with E-state index in [1.54, 1.807) is 13.8 Å². The van der Waals surface area contributed by atoms with E-state index < -0.39 is 18.4 Å². The van der Waals surface area contributed by atoms with Gasteiger partial charge in [-0.05, 0) is 13.8 Å². The minimum atomic E-state index is -3.75. The number of hydrogen-bond donors (Lipinski definition) is 1. The van der Waals surface area contributed by atoms with Crippen molar-refractivity contribution >= 4 is 5.97 Å². The molecule has 0 atom stereocenters. The van der Waals surface area contributed by atoms with E-state index in [4.69, 9.17) is 5.11 Å². The lowest BCUT2D eigenvalue weighted by Gasteiger charge is -2.12. The van der Waals surface area contributed by atoms with Crippen molar-refractivity contribution in [3.8, 4) is 0 Å². The van der Waals surface area contributed by atoms with Crippen molar-refractivity contribution in [2.24, 2.45) is 0 Å². The Morgan fingerprint density at radius 1 is 1.64 bits per heavy atom. The van der Waals surface area contributed by atoms with Gasteiger partial charge in [0.1, 0.15) is 5.82 Å². The molecule has 0 aromatic carbocycles. The first kappa shape index (κ1) is 10.6. The van der Waals surface area contributed by atoms with Gasteiger partial charge in [-0.1, -0.05) is 0 Å². The number of carbonyl (C=O) groups is 1. The summed E-state index contributed by atoms with van der Waals surface area (Å²) in [7, 11) is 0. The fourth-order valence-electron chi connectivity index (χ4n) is 1.11. The number of imidazole rings is 1. The van der Waals surface area contributed by atoms with Crippen LogP contribution >= 0.6 is 0 Å². The summed E-state index contributed by atoms with van der Waals surface area (Å²) in [5, 5.41) is 8.22. The Bertz CT molecular complexity index is 360. The smallest absolute Gasteiger partial charge is 0.376 e. The van der Waals surface area contributed by atoms with Crippen LogP contribution < -0.4 is 0 Å². The molecule has 0 bridgehead atoms. The molecule has 0 radical (unpaired) electrons. The van der Waals surface area contributed by atoms with Crippen LogP contribution in [0.4, 0.5) is 8.78 Å². The lowest BCUT2D eigenvalue weighted by molar-refractivity contribution is -0.166. The zero-order chi connectivity index (χ0) is 10.9. The third-order valence-corrected chi connectivity index (χ3v) is 1.78. The fraction of sp³-hybridized carbons (Fsp3) is 0.500. The molecule has 0 unspecified atom stereocenters. The van der Waals surface area contributed by atoms with Gasteiger partial charge in [-0.25, -0.2) is 9.78 Å². The summed E-state index contributed by atoms with van der Waals surface area (Å²) in [5.41, 5.74) is 0.587. The maximum Gasteiger partial charge on any atom is 0.376 e. The Labute approximate surface area is 79.2 Å². The molecule has 78 valence electrons. The minimum Gasteiger partial charge on any atom is -0.477 e. The predicted molar refractivity (Wildman–Crippen MR) is 44.3 cm³/mol. The lowest BCUT2D eigenvalue weighted by Crippen LogP contribution is -2.33. The molecular formula is C8H10F2N2O2. The first-order valence-corrected chi connectivity index (χ1v) is 3.94. The van der Waals surface area contributed by atoms with Gasteiger partial charge in [-0.2, -0.15) is 8.78 Å². The lowest BCUT2D eigenvalue weighted by atomic mass is 10.3. The van der Waals surface area contributed by atoms with Crippen LogP contribution in [0.3, 0.4) is 0 Å². The van der Waals surface area contributed by atoms with Crippen LogP contribution in [0.2, 0.25) is 0 Å². The summed E-state index contributed by atoms with van der Waals surface area (Å²) in [6, 6.07) is 0. The Kier molecular flexibility index (Phi) is 2.55. The van der Waals surface area contributed by atoms with Crippen LogP contribution in [0.1, 0.15) is 11.5 Å². The van der Waals surface area contributed by atoms with E-state index in [9.17, 15) is 13.6 Å². The molecule has 0 fully saturated rings. The molecule has 0 spiro atoms. The highest BCUT2D eigenvalue weighted by atomic mass is 19.3. The Balaban J connectivity index is 2.88. The predicted octanol–water partition coefficient (Wildman–Crippen LogP) is 1.22. The number of halogens is 2. The summed E-state index contributed by atoms with van der Waals surface area (Å²) < 4.78 is 26.7. The number of rotatable bonds is 3. The summed E-state index contributed by atoms with van der Waals surface area (Å²) in [5.74, 6) is -5.50. The standard InChI is InChI=1S/C8H10F2N2O2/c1-5-3-12(6(2)11-5)4-8(9,10)7(13)14/h3H,4H2,1-2H3,(H,13,14). The average molecular weight is 204 g/mol. The highest BCUT2D eigenvalue weighted by molar-refractivity contribution is 5.75. The molecule has 0 saturated carbocycles. The van der Waals surface area contributed by atoms with E-state index in [1.807, 2.05) is 0 Å². The molecule has 1 heterocycles. The number of carboxylic acids is 1. The molecule has 4 nitrogen and oxygen atoms in total. The van der Waals surface area contributed by atoms with E-state index in [1.165, 1.54) is 6.20 Å². The maximum atomic E-state index is 12.8. The van der Waals surface area contributed by atoms with Crippen molar-refractivity contribution in [3.05, 3.63) is 17.7 Å². The van der Waals surface area contributed by atoms with Crippen LogP contribution in [-0.2, 0) is 11.3 Å². The molecule has 1 N–H and O–H groups in total. The van der Waals surface area contributed by atoms with Crippen molar-refractivity contribution in [1.29, 1.82) is 0 Å². The number of aryl methyl sites for hydroxylation is 2. The quantitative estimate of drug-likeness (QED) is 0.805. The van der Waals surface area contributed by atoms with Crippen molar-refractivity contribution in [3.63, 3.8) is 0 Å². The summed E-state index contributed by atoms with van der Waals surface area (Å²) in [6.45, 7) is 2.32. The zero-order valence-electron chi connectivity index (χ0n) is 7.79. The Hall–Kier alpha value is -1.46.